The largest absolute Gasteiger partial charge is 0.497 e. The van der Waals surface area contributed by atoms with Crippen LogP contribution in [0.2, 0.25) is 0 Å². The van der Waals surface area contributed by atoms with E-state index in [0.717, 1.165) is 5.75 Å². The third kappa shape index (κ3) is 4.56. The number of carbonyl (C=O) groups is 1. The van der Waals surface area contributed by atoms with Crippen molar-refractivity contribution in [2.24, 2.45) is 0 Å². The molecule has 2 N–H and O–H groups in total. The first-order valence-corrected chi connectivity index (χ1v) is 6.66. The Bertz CT molecular complexity index is 480. The first-order valence-electron chi connectivity index (χ1n) is 6.66. The topological polar surface area (TPSA) is 59.6 Å². The average Bonchev–Trinajstić information content (AvgIpc) is 2.84. The first-order chi connectivity index (χ1) is 10.00. The zero-order chi connectivity index (χ0) is 15.3. The summed E-state index contributed by atoms with van der Waals surface area (Å²) < 4.78 is 36.3. The fourth-order valence-corrected chi connectivity index (χ4v) is 2.04. The van der Waals surface area contributed by atoms with Crippen LogP contribution < -0.4 is 20.1 Å². The Balaban J connectivity index is 1.66. The highest BCUT2D eigenvalue weighted by atomic mass is 19.3. The summed E-state index contributed by atoms with van der Waals surface area (Å²) in [4.78, 5) is 11.6. The lowest BCUT2D eigenvalue weighted by molar-refractivity contribution is -0.123. The summed E-state index contributed by atoms with van der Waals surface area (Å²) in [5.41, 5.74) is 0. The van der Waals surface area contributed by atoms with E-state index >= 15 is 0 Å². The molecule has 1 aromatic carbocycles. The van der Waals surface area contributed by atoms with Gasteiger partial charge in [-0.1, -0.05) is 0 Å². The third-order valence-electron chi connectivity index (χ3n) is 3.16. The molecule has 1 unspecified atom stereocenters. The van der Waals surface area contributed by atoms with E-state index in [1.54, 1.807) is 31.4 Å². The number of rotatable bonds is 6. The van der Waals surface area contributed by atoms with Crippen molar-refractivity contribution < 1.29 is 23.0 Å². The van der Waals surface area contributed by atoms with E-state index in [4.69, 9.17) is 9.47 Å². The Labute approximate surface area is 121 Å². The van der Waals surface area contributed by atoms with Crippen molar-refractivity contribution in [1.29, 1.82) is 0 Å². The van der Waals surface area contributed by atoms with E-state index in [2.05, 4.69) is 10.6 Å². The molecule has 116 valence electrons. The Morgan fingerprint density at radius 1 is 1.38 bits per heavy atom. The second-order valence-corrected chi connectivity index (χ2v) is 4.81. The molecular formula is C14H18F2N2O3. The molecule has 0 saturated carbocycles. The maximum atomic E-state index is 12.9. The Kier molecular flexibility index (Phi) is 4.95. The lowest BCUT2D eigenvalue weighted by Crippen LogP contribution is -2.41. The summed E-state index contributed by atoms with van der Waals surface area (Å²) >= 11 is 0. The van der Waals surface area contributed by atoms with Gasteiger partial charge in [-0.15, -0.1) is 0 Å². The highest BCUT2D eigenvalue weighted by Crippen LogP contribution is 2.25. The number of alkyl halides is 2. The zero-order valence-electron chi connectivity index (χ0n) is 11.7. The minimum Gasteiger partial charge on any atom is -0.497 e. The molecule has 1 atom stereocenters. The summed E-state index contributed by atoms with van der Waals surface area (Å²) in [5, 5.41) is 5.07. The summed E-state index contributed by atoms with van der Waals surface area (Å²) in [6.45, 7) is 0.0726. The lowest BCUT2D eigenvalue weighted by Gasteiger charge is -2.12. The minimum absolute atomic E-state index is 0.259. The predicted octanol–water partition coefficient (Wildman–Crippen LogP) is 1.19. The Morgan fingerprint density at radius 3 is 2.62 bits per heavy atom. The molecule has 0 aliphatic carbocycles. The number of benzene rings is 1. The number of hydrogen-bond donors (Lipinski definition) is 2. The highest BCUT2D eigenvalue weighted by molar-refractivity contribution is 5.82. The van der Waals surface area contributed by atoms with Crippen LogP contribution in [0.4, 0.5) is 8.78 Å². The van der Waals surface area contributed by atoms with Gasteiger partial charge in [0.1, 0.15) is 18.1 Å². The van der Waals surface area contributed by atoms with Crippen LogP contribution in [0.25, 0.3) is 0 Å². The number of hydrogen-bond acceptors (Lipinski definition) is 4. The highest BCUT2D eigenvalue weighted by Gasteiger charge is 2.42. The normalized spacial score (nSPS) is 20.0. The van der Waals surface area contributed by atoms with E-state index in [1.807, 2.05) is 0 Å². The smallest absolute Gasteiger partial charge is 0.262 e. The van der Waals surface area contributed by atoms with Gasteiger partial charge in [0.2, 0.25) is 5.91 Å². The first kappa shape index (κ1) is 15.5. The number of ether oxygens (including phenoxy) is 2. The van der Waals surface area contributed by atoms with Crippen molar-refractivity contribution in [2.75, 3.05) is 26.8 Å². The fraction of sp³-hybridized carbons (Fsp3) is 0.500. The van der Waals surface area contributed by atoms with Crippen LogP contribution in [0.15, 0.2) is 24.3 Å². The quantitative estimate of drug-likeness (QED) is 0.775. The molecule has 7 heteroatoms. The van der Waals surface area contributed by atoms with Gasteiger partial charge in [0.15, 0.2) is 0 Å². The zero-order valence-corrected chi connectivity index (χ0v) is 11.7. The van der Waals surface area contributed by atoms with Gasteiger partial charge in [0.05, 0.1) is 26.2 Å². The minimum atomic E-state index is -2.80. The van der Waals surface area contributed by atoms with Gasteiger partial charge in [-0.25, -0.2) is 8.78 Å². The number of halogens is 2. The van der Waals surface area contributed by atoms with Crippen molar-refractivity contribution in [3.05, 3.63) is 24.3 Å². The molecular weight excluding hydrogens is 282 g/mol. The van der Waals surface area contributed by atoms with Crippen LogP contribution >= 0.6 is 0 Å². The van der Waals surface area contributed by atoms with E-state index in [0.29, 0.717) is 5.75 Å². The predicted molar refractivity (Wildman–Crippen MR) is 72.9 cm³/mol. The fourth-order valence-electron chi connectivity index (χ4n) is 2.04. The van der Waals surface area contributed by atoms with E-state index in [9.17, 15) is 13.6 Å². The molecule has 21 heavy (non-hydrogen) atoms. The van der Waals surface area contributed by atoms with Crippen molar-refractivity contribution in [1.82, 2.24) is 10.6 Å². The molecule has 1 aromatic rings. The van der Waals surface area contributed by atoms with Crippen molar-refractivity contribution in [3.63, 3.8) is 0 Å². The molecule has 0 bridgehead atoms. The van der Waals surface area contributed by atoms with E-state index in [1.165, 1.54) is 0 Å². The third-order valence-corrected chi connectivity index (χ3v) is 3.16. The van der Waals surface area contributed by atoms with E-state index < -0.39 is 30.8 Å². The van der Waals surface area contributed by atoms with Crippen LogP contribution in [-0.2, 0) is 4.79 Å². The van der Waals surface area contributed by atoms with Gasteiger partial charge < -0.3 is 14.8 Å². The van der Waals surface area contributed by atoms with Crippen molar-refractivity contribution in [2.45, 2.75) is 18.4 Å². The molecule has 1 saturated heterocycles. The maximum Gasteiger partial charge on any atom is 0.262 e. The molecule has 1 fully saturated rings. The summed E-state index contributed by atoms with van der Waals surface area (Å²) in [6, 6.07) is 6.19. The summed E-state index contributed by atoms with van der Waals surface area (Å²) in [7, 11) is 1.58. The molecule has 0 aromatic heterocycles. The summed E-state index contributed by atoms with van der Waals surface area (Å²) in [6.07, 6.45) is -0.460. The lowest BCUT2D eigenvalue weighted by atomic mass is 10.2. The van der Waals surface area contributed by atoms with Crippen LogP contribution in [-0.4, -0.2) is 44.7 Å². The average molecular weight is 300 g/mol. The molecule has 1 aliphatic heterocycles. The van der Waals surface area contributed by atoms with Crippen LogP contribution in [0.1, 0.15) is 6.42 Å². The SMILES string of the molecule is COc1ccc(OCCNC(=O)C2CC(F)(F)CN2)cc1. The van der Waals surface area contributed by atoms with Gasteiger partial charge in [-0.2, -0.15) is 0 Å². The molecule has 1 heterocycles. The molecule has 0 spiro atoms. The van der Waals surface area contributed by atoms with E-state index in [-0.39, 0.29) is 13.2 Å². The van der Waals surface area contributed by atoms with Gasteiger partial charge >= 0.3 is 0 Å². The number of carbonyl (C=O) groups excluding carboxylic acids is 1. The van der Waals surface area contributed by atoms with Crippen molar-refractivity contribution in [3.8, 4) is 11.5 Å². The molecule has 0 radical (unpaired) electrons. The second-order valence-electron chi connectivity index (χ2n) is 4.81. The summed E-state index contributed by atoms with van der Waals surface area (Å²) in [5.74, 6) is -1.85. The Hall–Kier alpha value is -1.89. The molecule has 2 rings (SSSR count). The standard InChI is InChI=1S/C14H18F2N2O3/c1-20-10-2-4-11(5-3-10)21-7-6-17-13(19)12-8-14(15,16)9-18-12/h2-5,12,18H,6-9H2,1H3,(H,17,19). The monoisotopic (exact) mass is 300 g/mol. The number of methoxy groups -OCH3 is 1. The second kappa shape index (κ2) is 6.71. The van der Waals surface area contributed by atoms with Crippen molar-refractivity contribution >= 4 is 5.91 Å². The number of nitrogens with one attached hydrogen (secondary N) is 2. The Morgan fingerprint density at radius 2 is 2.05 bits per heavy atom. The van der Waals surface area contributed by atoms with Crippen LogP contribution in [0.3, 0.4) is 0 Å². The van der Waals surface area contributed by atoms with Gasteiger partial charge in [-0.05, 0) is 24.3 Å². The molecule has 5 nitrogen and oxygen atoms in total. The maximum absolute atomic E-state index is 12.9. The van der Waals surface area contributed by atoms with Gasteiger partial charge in [-0.3, -0.25) is 10.1 Å². The van der Waals surface area contributed by atoms with Gasteiger partial charge in [0, 0.05) is 6.42 Å². The van der Waals surface area contributed by atoms with Crippen LogP contribution in [0, 0.1) is 0 Å². The number of amides is 1. The molecule has 1 aliphatic rings. The molecule has 1 amide bonds. The van der Waals surface area contributed by atoms with Gasteiger partial charge in [0.25, 0.3) is 5.92 Å². The van der Waals surface area contributed by atoms with Crippen LogP contribution in [0.5, 0.6) is 11.5 Å².